The summed E-state index contributed by atoms with van der Waals surface area (Å²) in [6.45, 7) is 0. The smallest absolute Gasteiger partial charge is 0.134 e. The zero-order valence-electron chi connectivity index (χ0n) is 9.93. The third kappa shape index (κ3) is 2.09. The molecule has 3 rings (SSSR count). The van der Waals surface area contributed by atoms with Crippen LogP contribution >= 0.6 is 9.24 Å². The van der Waals surface area contributed by atoms with Gasteiger partial charge in [-0.1, -0.05) is 6.08 Å². The average Bonchev–Trinajstić information content (AvgIpc) is 2.83. The van der Waals surface area contributed by atoms with Gasteiger partial charge < -0.3 is 4.98 Å². The molecule has 0 bridgehead atoms. The molecule has 0 aromatic carbocycles. The maximum atomic E-state index is 4.65. The van der Waals surface area contributed by atoms with Crippen LogP contribution < -0.4 is 16.0 Å². The summed E-state index contributed by atoms with van der Waals surface area (Å²) in [5.41, 5.74) is 3.33. The fourth-order valence-corrected chi connectivity index (χ4v) is 2.48. The summed E-state index contributed by atoms with van der Waals surface area (Å²) in [6.07, 6.45) is 9.85. The van der Waals surface area contributed by atoms with Gasteiger partial charge in [-0.2, -0.15) is 0 Å². The van der Waals surface area contributed by atoms with E-state index >= 15 is 0 Å². The Kier molecular flexibility index (Phi) is 3.22. The van der Waals surface area contributed by atoms with E-state index in [9.17, 15) is 0 Å². The van der Waals surface area contributed by atoms with Crippen molar-refractivity contribution in [1.29, 1.82) is 0 Å². The minimum atomic E-state index is 0.180. The monoisotopic (exact) mass is 258 g/mol. The fraction of sp³-hybridized carbons (Fsp3) is 0.231. The quantitative estimate of drug-likeness (QED) is 0.793. The highest BCUT2D eigenvalue weighted by molar-refractivity contribution is 7.16. The lowest BCUT2D eigenvalue weighted by atomic mass is 10.1. The van der Waals surface area contributed by atoms with Gasteiger partial charge >= 0.3 is 0 Å². The van der Waals surface area contributed by atoms with Crippen molar-refractivity contribution in [2.75, 3.05) is 6.29 Å². The molecule has 4 nitrogen and oxygen atoms in total. The first kappa shape index (κ1) is 11.6. The van der Waals surface area contributed by atoms with Crippen LogP contribution in [0.25, 0.3) is 17.2 Å². The molecule has 0 spiro atoms. The zero-order chi connectivity index (χ0) is 12.4. The van der Waals surface area contributed by atoms with Gasteiger partial charge in [0.15, 0.2) is 0 Å². The van der Waals surface area contributed by atoms with Crippen molar-refractivity contribution in [3.63, 3.8) is 0 Å². The van der Waals surface area contributed by atoms with Crippen LogP contribution in [0.15, 0.2) is 35.7 Å². The van der Waals surface area contributed by atoms with Crippen molar-refractivity contribution in [2.45, 2.75) is 12.6 Å². The fourth-order valence-electron chi connectivity index (χ4n) is 2.21. The molecule has 18 heavy (non-hydrogen) atoms. The van der Waals surface area contributed by atoms with Gasteiger partial charge in [-0.05, 0) is 17.7 Å². The van der Waals surface area contributed by atoms with Crippen LogP contribution in [0.2, 0.25) is 0 Å². The molecule has 1 aliphatic heterocycles. The van der Waals surface area contributed by atoms with Crippen molar-refractivity contribution in [3.8, 4) is 11.1 Å². The Morgan fingerprint density at radius 1 is 1.39 bits per heavy atom. The maximum absolute atomic E-state index is 4.65. The van der Waals surface area contributed by atoms with Crippen LogP contribution in [-0.4, -0.2) is 22.4 Å². The standard InChI is InChI=1S/C13H15N4P/c18-8-16-12-2-1-10-11(7-15-13(10)17-12)9-3-5-14-6-4-9/h1,3-7,12,16H,2,8,18H2,(H,15,17). The van der Waals surface area contributed by atoms with Crippen LogP contribution in [0.1, 0.15) is 6.42 Å². The van der Waals surface area contributed by atoms with E-state index in [1.165, 1.54) is 16.3 Å². The first-order valence-electron chi connectivity index (χ1n) is 5.98. The Labute approximate surface area is 107 Å². The number of rotatable bonds is 3. The Hall–Kier alpha value is -1.51. The van der Waals surface area contributed by atoms with Crippen molar-refractivity contribution in [1.82, 2.24) is 15.3 Å². The predicted molar refractivity (Wildman–Crippen MR) is 75.4 cm³/mol. The average molecular weight is 258 g/mol. The second-order valence-electron chi connectivity index (χ2n) is 4.19. The van der Waals surface area contributed by atoms with Crippen molar-refractivity contribution >= 4 is 15.3 Å². The zero-order valence-corrected chi connectivity index (χ0v) is 11.1. The molecule has 2 aromatic rings. The van der Waals surface area contributed by atoms with Crippen molar-refractivity contribution in [3.05, 3.63) is 41.4 Å². The molecular formula is C13H15N4P. The normalized spacial score (nSPS) is 17.7. The summed E-state index contributed by atoms with van der Waals surface area (Å²) < 4.78 is 0. The number of aromatic amines is 1. The second kappa shape index (κ2) is 5.01. The lowest BCUT2D eigenvalue weighted by Gasteiger charge is -2.12. The number of nitrogens with zero attached hydrogens (tertiary/aromatic N) is 2. The van der Waals surface area contributed by atoms with Gasteiger partial charge in [0.1, 0.15) is 11.7 Å². The van der Waals surface area contributed by atoms with Gasteiger partial charge in [-0.3, -0.25) is 10.3 Å². The molecule has 1 aliphatic rings. The molecule has 2 unspecified atom stereocenters. The molecule has 0 saturated heterocycles. The molecule has 0 aliphatic carbocycles. The summed E-state index contributed by atoms with van der Waals surface area (Å²) in [6, 6.07) is 4.04. The van der Waals surface area contributed by atoms with Crippen molar-refractivity contribution < 1.29 is 0 Å². The number of fused-ring (bicyclic) bond motifs is 1. The Morgan fingerprint density at radius 2 is 2.22 bits per heavy atom. The molecule has 2 aromatic heterocycles. The van der Waals surface area contributed by atoms with E-state index in [4.69, 9.17) is 0 Å². The molecule has 92 valence electrons. The van der Waals surface area contributed by atoms with Crippen LogP contribution in [-0.2, 0) is 0 Å². The molecule has 0 saturated carbocycles. The third-order valence-corrected chi connectivity index (χ3v) is 3.31. The lowest BCUT2D eigenvalue weighted by molar-refractivity contribution is 0.571. The number of hydrogen-bond donors (Lipinski definition) is 2. The summed E-state index contributed by atoms with van der Waals surface area (Å²) in [5, 5.41) is 4.51. The molecule has 2 atom stereocenters. The van der Waals surface area contributed by atoms with Gasteiger partial charge in [0, 0.05) is 42.1 Å². The third-order valence-electron chi connectivity index (χ3n) is 3.07. The van der Waals surface area contributed by atoms with Crippen LogP contribution in [0, 0.1) is 0 Å². The highest BCUT2D eigenvalue weighted by Crippen LogP contribution is 2.12. The minimum Gasteiger partial charge on any atom is -0.346 e. The number of pyridine rings is 1. The van der Waals surface area contributed by atoms with Crippen LogP contribution in [0.4, 0.5) is 0 Å². The molecule has 0 fully saturated rings. The molecule has 0 amide bonds. The number of hydrogen-bond acceptors (Lipinski definition) is 3. The summed E-state index contributed by atoms with van der Waals surface area (Å²) in [4.78, 5) is 11.9. The molecule has 3 heterocycles. The van der Waals surface area contributed by atoms with E-state index in [2.05, 4.69) is 35.6 Å². The van der Waals surface area contributed by atoms with Gasteiger partial charge in [0.2, 0.25) is 0 Å². The van der Waals surface area contributed by atoms with Gasteiger partial charge in [0.05, 0.1) is 0 Å². The number of aromatic nitrogens is 2. The van der Waals surface area contributed by atoms with E-state index in [0.717, 1.165) is 18.2 Å². The van der Waals surface area contributed by atoms with E-state index in [0.29, 0.717) is 0 Å². The second-order valence-corrected chi connectivity index (χ2v) is 4.60. The summed E-state index contributed by atoms with van der Waals surface area (Å²) in [5.74, 6) is 0. The summed E-state index contributed by atoms with van der Waals surface area (Å²) >= 11 is 0. The largest absolute Gasteiger partial charge is 0.346 e. The van der Waals surface area contributed by atoms with Crippen molar-refractivity contribution in [2.24, 2.45) is 4.99 Å². The van der Waals surface area contributed by atoms with E-state index in [1.54, 1.807) is 0 Å². The maximum Gasteiger partial charge on any atom is 0.134 e. The number of H-pyrrole nitrogens is 1. The van der Waals surface area contributed by atoms with Gasteiger partial charge in [-0.25, -0.2) is 4.99 Å². The summed E-state index contributed by atoms with van der Waals surface area (Å²) in [7, 11) is 2.66. The SMILES string of the molecule is PCNC1CC=c2c(-c3ccncc3)c[nH]c2=N1. The van der Waals surface area contributed by atoms with Crippen LogP contribution in [0.5, 0.6) is 0 Å². The first-order chi connectivity index (χ1) is 8.88. The Balaban J connectivity index is 2.06. The Bertz CT molecular complexity index is 647. The highest BCUT2D eigenvalue weighted by Gasteiger charge is 2.11. The van der Waals surface area contributed by atoms with E-state index in [1.807, 2.05) is 30.7 Å². The minimum absolute atomic E-state index is 0.180. The molecule has 2 N–H and O–H groups in total. The van der Waals surface area contributed by atoms with Crippen LogP contribution in [0.3, 0.4) is 0 Å². The Morgan fingerprint density at radius 3 is 3.00 bits per heavy atom. The van der Waals surface area contributed by atoms with Gasteiger partial charge in [-0.15, -0.1) is 9.24 Å². The van der Waals surface area contributed by atoms with E-state index in [-0.39, 0.29) is 6.17 Å². The number of nitrogens with one attached hydrogen (secondary N) is 2. The van der Waals surface area contributed by atoms with Gasteiger partial charge in [0.25, 0.3) is 0 Å². The molecular weight excluding hydrogens is 243 g/mol. The topological polar surface area (TPSA) is 53.1 Å². The lowest BCUT2D eigenvalue weighted by Crippen LogP contribution is -2.37. The molecule has 0 radical (unpaired) electrons. The predicted octanol–water partition coefficient (Wildman–Crippen LogP) is 0.629. The first-order valence-corrected chi connectivity index (χ1v) is 6.79. The van der Waals surface area contributed by atoms with E-state index < -0.39 is 0 Å². The highest BCUT2D eigenvalue weighted by atomic mass is 31.0. The molecule has 5 heteroatoms.